The molecule has 0 aliphatic rings. The number of hydrogen-bond acceptors (Lipinski definition) is 3. The molecular formula is C12H21N3. The van der Waals surface area contributed by atoms with Gasteiger partial charge >= 0.3 is 0 Å². The molecule has 0 radical (unpaired) electrons. The summed E-state index contributed by atoms with van der Waals surface area (Å²) < 4.78 is 0. The minimum absolute atomic E-state index is 0.776. The molecule has 0 spiro atoms. The van der Waals surface area contributed by atoms with Crippen molar-refractivity contribution in [2.24, 2.45) is 0 Å². The monoisotopic (exact) mass is 207 g/mol. The lowest BCUT2D eigenvalue weighted by Crippen LogP contribution is -2.26. The number of aromatic nitrogens is 1. The van der Waals surface area contributed by atoms with Crippen molar-refractivity contribution in [3.8, 4) is 0 Å². The third-order valence-electron chi connectivity index (χ3n) is 2.51. The first-order chi connectivity index (χ1) is 7.19. The van der Waals surface area contributed by atoms with E-state index in [9.17, 15) is 0 Å². The molecule has 0 amide bonds. The summed E-state index contributed by atoms with van der Waals surface area (Å²) in [6.07, 6.45) is 2.38. The Bertz CT molecular complexity index is 310. The van der Waals surface area contributed by atoms with E-state index in [0.717, 1.165) is 30.3 Å². The number of nitrogens with two attached hydrogens (primary N) is 1. The van der Waals surface area contributed by atoms with Gasteiger partial charge in [-0.2, -0.15) is 0 Å². The van der Waals surface area contributed by atoms with Gasteiger partial charge in [0.15, 0.2) is 5.82 Å². The molecule has 0 unspecified atom stereocenters. The van der Waals surface area contributed by atoms with Crippen LogP contribution in [0.2, 0.25) is 0 Å². The molecule has 2 N–H and O–H groups in total. The standard InChI is InChI=1S/C12H21N3/c1-4-6-9-15(5-2)12-11(13)8-7-10(3)14-12/h7-8H,4-6,9,13H2,1-3H3. The molecular weight excluding hydrogens is 186 g/mol. The van der Waals surface area contributed by atoms with Crippen molar-refractivity contribution < 1.29 is 0 Å². The van der Waals surface area contributed by atoms with E-state index in [1.54, 1.807) is 0 Å². The summed E-state index contributed by atoms with van der Waals surface area (Å²) in [6.45, 7) is 8.32. The van der Waals surface area contributed by atoms with Crippen LogP contribution in [0.1, 0.15) is 32.4 Å². The van der Waals surface area contributed by atoms with Gasteiger partial charge in [-0.15, -0.1) is 0 Å². The lowest BCUT2D eigenvalue weighted by molar-refractivity contribution is 0.724. The van der Waals surface area contributed by atoms with Crippen LogP contribution >= 0.6 is 0 Å². The summed E-state index contributed by atoms with van der Waals surface area (Å²) in [5, 5.41) is 0. The molecule has 0 fully saturated rings. The molecule has 0 bridgehead atoms. The number of pyridine rings is 1. The fourth-order valence-electron chi connectivity index (χ4n) is 1.57. The van der Waals surface area contributed by atoms with Crippen LogP contribution < -0.4 is 10.6 Å². The summed E-state index contributed by atoms with van der Waals surface area (Å²) in [4.78, 5) is 6.74. The summed E-state index contributed by atoms with van der Waals surface area (Å²) in [5.41, 5.74) is 7.73. The normalized spacial score (nSPS) is 10.3. The molecule has 0 aliphatic heterocycles. The van der Waals surface area contributed by atoms with Crippen molar-refractivity contribution in [2.45, 2.75) is 33.6 Å². The highest BCUT2D eigenvalue weighted by atomic mass is 15.2. The Labute approximate surface area is 92.3 Å². The van der Waals surface area contributed by atoms with E-state index in [2.05, 4.69) is 23.7 Å². The van der Waals surface area contributed by atoms with E-state index < -0.39 is 0 Å². The lowest BCUT2D eigenvalue weighted by Gasteiger charge is -2.23. The van der Waals surface area contributed by atoms with Gasteiger partial charge in [0.2, 0.25) is 0 Å². The largest absolute Gasteiger partial charge is 0.396 e. The molecule has 0 saturated carbocycles. The van der Waals surface area contributed by atoms with Crippen LogP contribution in [0.25, 0.3) is 0 Å². The van der Waals surface area contributed by atoms with E-state index in [0.29, 0.717) is 0 Å². The third kappa shape index (κ3) is 3.11. The average Bonchev–Trinajstić information content (AvgIpc) is 2.24. The zero-order chi connectivity index (χ0) is 11.3. The Hall–Kier alpha value is -1.25. The Morgan fingerprint density at radius 1 is 1.33 bits per heavy atom. The zero-order valence-corrected chi connectivity index (χ0v) is 9.95. The molecule has 0 atom stereocenters. The van der Waals surface area contributed by atoms with Gasteiger partial charge in [-0.1, -0.05) is 13.3 Å². The molecule has 15 heavy (non-hydrogen) atoms. The van der Waals surface area contributed by atoms with E-state index in [4.69, 9.17) is 5.73 Å². The summed E-state index contributed by atoms with van der Waals surface area (Å²) in [5.74, 6) is 0.936. The number of hydrogen-bond donors (Lipinski definition) is 1. The Balaban J connectivity index is 2.85. The number of unbranched alkanes of at least 4 members (excludes halogenated alkanes) is 1. The van der Waals surface area contributed by atoms with E-state index in [1.165, 1.54) is 12.8 Å². The van der Waals surface area contributed by atoms with Crippen LogP contribution in [-0.4, -0.2) is 18.1 Å². The molecule has 1 aromatic heterocycles. The smallest absolute Gasteiger partial charge is 0.152 e. The SMILES string of the molecule is CCCCN(CC)c1nc(C)ccc1N. The number of nitrogen functional groups attached to an aromatic ring is 1. The molecule has 1 rings (SSSR count). The predicted octanol–water partition coefficient (Wildman–Crippen LogP) is 2.60. The van der Waals surface area contributed by atoms with Crippen molar-refractivity contribution in [1.29, 1.82) is 0 Å². The van der Waals surface area contributed by atoms with Gasteiger partial charge in [0.25, 0.3) is 0 Å². The molecule has 0 saturated heterocycles. The van der Waals surface area contributed by atoms with Crippen LogP contribution in [0, 0.1) is 6.92 Å². The minimum atomic E-state index is 0.776. The minimum Gasteiger partial charge on any atom is -0.396 e. The van der Waals surface area contributed by atoms with Crippen molar-refractivity contribution in [1.82, 2.24) is 4.98 Å². The van der Waals surface area contributed by atoms with E-state index in [1.807, 2.05) is 19.1 Å². The first kappa shape index (κ1) is 11.8. The fourth-order valence-corrected chi connectivity index (χ4v) is 1.57. The number of aryl methyl sites for hydroxylation is 1. The van der Waals surface area contributed by atoms with Crippen molar-refractivity contribution in [3.05, 3.63) is 17.8 Å². The van der Waals surface area contributed by atoms with Crippen LogP contribution in [0.3, 0.4) is 0 Å². The van der Waals surface area contributed by atoms with E-state index in [-0.39, 0.29) is 0 Å². The average molecular weight is 207 g/mol. The topological polar surface area (TPSA) is 42.2 Å². The number of nitrogens with zero attached hydrogens (tertiary/aromatic N) is 2. The fraction of sp³-hybridized carbons (Fsp3) is 0.583. The highest BCUT2D eigenvalue weighted by molar-refractivity contribution is 5.62. The van der Waals surface area contributed by atoms with Crippen LogP contribution in [0.5, 0.6) is 0 Å². The molecule has 3 nitrogen and oxygen atoms in total. The van der Waals surface area contributed by atoms with Gasteiger partial charge in [-0.05, 0) is 32.4 Å². The van der Waals surface area contributed by atoms with Gasteiger partial charge in [-0.25, -0.2) is 4.98 Å². The maximum Gasteiger partial charge on any atom is 0.152 e. The Kier molecular flexibility index (Phi) is 4.40. The van der Waals surface area contributed by atoms with Crippen molar-refractivity contribution >= 4 is 11.5 Å². The van der Waals surface area contributed by atoms with Crippen molar-refractivity contribution in [2.75, 3.05) is 23.7 Å². The quantitative estimate of drug-likeness (QED) is 0.807. The second-order valence-electron chi connectivity index (χ2n) is 3.80. The highest BCUT2D eigenvalue weighted by Crippen LogP contribution is 2.20. The molecule has 84 valence electrons. The molecule has 3 heteroatoms. The van der Waals surface area contributed by atoms with Crippen LogP contribution in [0.15, 0.2) is 12.1 Å². The van der Waals surface area contributed by atoms with Gasteiger partial charge in [0.1, 0.15) is 0 Å². The molecule has 1 aromatic rings. The lowest BCUT2D eigenvalue weighted by atomic mass is 10.2. The van der Waals surface area contributed by atoms with E-state index >= 15 is 0 Å². The Morgan fingerprint density at radius 2 is 2.07 bits per heavy atom. The Morgan fingerprint density at radius 3 is 2.67 bits per heavy atom. The predicted molar refractivity (Wildman–Crippen MR) is 66.2 cm³/mol. The maximum absolute atomic E-state index is 5.93. The van der Waals surface area contributed by atoms with Crippen LogP contribution in [0.4, 0.5) is 11.5 Å². The van der Waals surface area contributed by atoms with Gasteiger partial charge in [-0.3, -0.25) is 0 Å². The number of rotatable bonds is 5. The molecule has 0 aliphatic carbocycles. The first-order valence-corrected chi connectivity index (χ1v) is 5.67. The second-order valence-corrected chi connectivity index (χ2v) is 3.80. The third-order valence-corrected chi connectivity index (χ3v) is 2.51. The van der Waals surface area contributed by atoms with Gasteiger partial charge in [0, 0.05) is 18.8 Å². The first-order valence-electron chi connectivity index (χ1n) is 5.67. The van der Waals surface area contributed by atoms with Gasteiger partial charge < -0.3 is 10.6 Å². The van der Waals surface area contributed by atoms with Gasteiger partial charge in [0.05, 0.1) is 5.69 Å². The summed E-state index contributed by atoms with van der Waals surface area (Å²) in [6, 6.07) is 3.89. The second kappa shape index (κ2) is 5.59. The van der Waals surface area contributed by atoms with Crippen molar-refractivity contribution in [3.63, 3.8) is 0 Å². The molecule has 0 aromatic carbocycles. The maximum atomic E-state index is 5.93. The highest BCUT2D eigenvalue weighted by Gasteiger charge is 2.08. The number of anilines is 2. The summed E-state index contributed by atoms with van der Waals surface area (Å²) in [7, 11) is 0. The molecule has 1 heterocycles. The summed E-state index contributed by atoms with van der Waals surface area (Å²) >= 11 is 0. The van der Waals surface area contributed by atoms with Crippen LogP contribution in [-0.2, 0) is 0 Å². The zero-order valence-electron chi connectivity index (χ0n) is 9.95.